The molecular formula is C12H17NO. The topological polar surface area (TPSA) is 43.1 Å². The lowest BCUT2D eigenvalue weighted by molar-refractivity contribution is 0.0847. The van der Waals surface area contributed by atoms with Crippen LogP contribution in [0.25, 0.3) is 0 Å². The fourth-order valence-electron chi connectivity index (χ4n) is 1.28. The monoisotopic (exact) mass is 191 g/mol. The molecule has 0 aliphatic rings. The standard InChI is InChI=1S/C12H17NO/c1-9-6-4-5-7-10(9)11(14)12(2,3)8-13/h4-7H,8,13H2,1-3H3. The minimum absolute atomic E-state index is 0.123. The molecule has 1 aromatic carbocycles. The Morgan fingerprint density at radius 2 is 1.93 bits per heavy atom. The highest BCUT2D eigenvalue weighted by molar-refractivity contribution is 6.01. The predicted molar refractivity (Wildman–Crippen MR) is 58.3 cm³/mol. The van der Waals surface area contributed by atoms with E-state index in [1.54, 1.807) is 0 Å². The summed E-state index contributed by atoms with van der Waals surface area (Å²) in [6.07, 6.45) is 0. The Bertz CT molecular complexity index is 342. The molecule has 0 spiro atoms. The number of aryl methyl sites for hydroxylation is 1. The molecule has 2 N–H and O–H groups in total. The van der Waals surface area contributed by atoms with Crippen molar-refractivity contribution in [3.05, 3.63) is 35.4 Å². The first kappa shape index (κ1) is 10.9. The third-order valence-corrected chi connectivity index (χ3v) is 2.51. The lowest BCUT2D eigenvalue weighted by Crippen LogP contribution is -2.33. The van der Waals surface area contributed by atoms with Crippen LogP contribution in [0.4, 0.5) is 0 Å². The first-order chi connectivity index (χ1) is 6.49. The van der Waals surface area contributed by atoms with E-state index >= 15 is 0 Å². The third kappa shape index (κ3) is 2.02. The van der Waals surface area contributed by atoms with E-state index in [4.69, 9.17) is 5.73 Å². The molecule has 0 saturated heterocycles. The van der Waals surface area contributed by atoms with E-state index in [1.807, 2.05) is 45.0 Å². The first-order valence-corrected chi connectivity index (χ1v) is 4.79. The summed E-state index contributed by atoms with van der Waals surface area (Å²) in [7, 11) is 0. The molecule has 0 heterocycles. The van der Waals surface area contributed by atoms with Gasteiger partial charge in [0, 0.05) is 17.5 Å². The van der Waals surface area contributed by atoms with E-state index < -0.39 is 5.41 Å². The second kappa shape index (κ2) is 3.93. The highest BCUT2D eigenvalue weighted by Gasteiger charge is 2.27. The maximum atomic E-state index is 12.0. The predicted octanol–water partition coefficient (Wildman–Crippen LogP) is 2.16. The SMILES string of the molecule is Cc1ccccc1C(=O)C(C)(C)CN. The van der Waals surface area contributed by atoms with Gasteiger partial charge in [-0.25, -0.2) is 0 Å². The minimum atomic E-state index is -0.466. The Kier molecular flexibility index (Phi) is 3.06. The molecule has 1 rings (SSSR count). The Hall–Kier alpha value is -1.15. The number of ketones is 1. The van der Waals surface area contributed by atoms with Gasteiger partial charge >= 0.3 is 0 Å². The first-order valence-electron chi connectivity index (χ1n) is 4.79. The van der Waals surface area contributed by atoms with Crippen LogP contribution < -0.4 is 5.73 Å². The van der Waals surface area contributed by atoms with E-state index in [0.717, 1.165) is 11.1 Å². The summed E-state index contributed by atoms with van der Waals surface area (Å²) >= 11 is 0. The van der Waals surface area contributed by atoms with E-state index in [9.17, 15) is 4.79 Å². The molecule has 0 fully saturated rings. The second-order valence-corrected chi connectivity index (χ2v) is 4.23. The summed E-state index contributed by atoms with van der Waals surface area (Å²) in [6.45, 7) is 6.07. The van der Waals surface area contributed by atoms with Crippen molar-refractivity contribution in [3.8, 4) is 0 Å². The van der Waals surface area contributed by atoms with Crippen LogP contribution in [0.5, 0.6) is 0 Å². The molecule has 2 nitrogen and oxygen atoms in total. The zero-order valence-corrected chi connectivity index (χ0v) is 9.00. The molecule has 0 bridgehead atoms. The van der Waals surface area contributed by atoms with Gasteiger partial charge < -0.3 is 5.73 Å². The third-order valence-electron chi connectivity index (χ3n) is 2.51. The molecular weight excluding hydrogens is 174 g/mol. The van der Waals surface area contributed by atoms with Crippen LogP contribution in [0.15, 0.2) is 24.3 Å². The van der Waals surface area contributed by atoms with Gasteiger partial charge in [0.25, 0.3) is 0 Å². The van der Waals surface area contributed by atoms with Gasteiger partial charge in [-0.15, -0.1) is 0 Å². The zero-order chi connectivity index (χ0) is 10.8. The van der Waals surface area contributed by atoms with Crippen LogP contribution in [-0.4, -0.2) is 12.3 Å². The fraction of sp³-hybridized carbons (Fsp3) is 0.417. The summed E-state index contributed by atoms with van der Waals surface area (Å²) in [5, 5.41) is 0. The van der Waals surface area contributed by atoms with Crippen LogP contribution >= 0.6 is 0 Å². The second-order valence-electron chi connectivity index (χ2n) is 4.23. The number of nitrogens with two attached hydrogens (primary N) is 1. The maximum Gasteiger partial charge on any atom is 0.169 e. The van der Waals surface area contributed by atoms with Gasteiger partial charge in [0.2, 0.25) is 0 Å². The normalized spacial score (nSPS) is 11.4. The van der Waals surface area contributed by atoms with Crippen LogP contribution in [0.2, 0.25) is 0 Å². The highest BCUT2D eigenvalue weighted by Crippen LogP contribution is 2.22. The van der Waals surface area contributed by atoms with Gasteiger partial charge in [0.15, 0.2) is 5.78 Å². The summed E-state index contributed by atoms with van der Waals surface area (Å²) in [5.74, 6) is 0.123. The van der Waals surface area contributed by atoms with Gasteiger partial charge in [-0.2, -0.15) is 0 Å². The molecule has 0 unspecified atom stereocenters. The van der Waals surface area contributed by atoms with Crippen molar-refractivity contribution in [2.75, 3.05) is 6.54 Å². The molecule has 0 aromatic heterocycles. The van der Waals surface area contributed by atoms with E-state index in [0.29, 0.717) is 6.54 Å². The quantitative estimate of drug-likeness (QED) is 0.744. The molecule has 0 saturated carbocycles. The maximum absolute atomic E-state index is 12.0. The van der Waals surface area contributed by atoms with Gasteiger partial charge in [-0.05, 0) is 12.5 Å². The number of hydrogen-bond donors (Lipinski definition) is 1. The number of carbonyl (C=O) groups is 1. The molecule has 0 aliphatic carbocycles. The smallest absolute Gasteiger partial charge is 0.169 e. The Labute approximate surface area is 85.1 Å². The lowest BCUT2D eigenvalue weighted by atomic mass is 9.83. The molecule has 14 heavy (non-hydrogen) atoms. The van der Waals surface area contributed by atoms with E-state index in [2.05, 4.69) is 0 Å². The molecule has 0 amide bonds. The van der Waals surface area contributed by atoms with Crippen molar-refractivity contribution in [1.82, 2.24) is 0 Å². The molecule has 0 aliphatic heterocycles. The molecule has 0 radical (unpaired) electrons. The Morgan fingerprint density at radius 3 is 2.43 bits per heavy atom. The average molecular weight is 191 g/mol. The molecule has 0 atom stereocenters. The van der Waals surface area contributed by atoms with Crippen LogP contribution in [-0.2, 0) is 0 Å². The number of carbonyl (C=O) groups excluding carboxylic acids is 1. The van der Waals surface area contributed by atoms with Crippen molar-refractivity contribution in [1.29, 1.82) is 0 Å². The molecule has 2 heteroatoms. The Morgan fingerprint density at radius 1 is 1.36 bits per heavy atom. The fourth-order valence-corrected chi connectivity index (χ4v) is 1.28. The van der Waals surface area contributed by atoms with Gasteiger partial charge in [0.1, 0.15) is 0 Å². The number of hydrogen-bond acceptors (Lipinski definition) is 2. The molecule has 1 aromatic rings. The molecule has 76 valence electrons. The van der Waals surface area contributed by atoms with Crippen LogP contribution in [0.3, 0.4) is 0 Å². The van der Waals surface area contributed by atoms with Crippen molar-refractivity contribution in [3.63, 3.8) is 0 Å². The van der Waals surface area contributed by atoms with Crippen LogP contribution in [0, 0.1) is 12.3 Å². The Balaban J connectivity index is 3.07. The van der Waals surface area contributed by atoms with E-state index in [-0.39, 0.29) is 5.78 Å². The van der Waals surface area contributed by atoms with Crippen molar-refractivity contribution >= 4 is 5.78 Å². The van der Waals surface area contributed by atoms with Crippen LogP contribution in [0.1, 0.15) is 29.8 Å². The van der Waals surface area contributed by atoms with Crippen molar-refractivity contribution < 1.29 is 4.79 Å². The number of benzene rings is 1. The van der Waals surface area contributed by atoms with Crippen molar-refractivity contribution in [2.45, 2.75) is 20.8 Å². The van der Waals surface area contributed by atoms with E-state index in [1.165, 1.54) is 0 Å². The number of Topliss-reactive ketones (excluding diaryl/α,β-unsaturated/α-hetero) is 1. The summed E-state index contributed by atoms with van der Waals surface area (Å²) < 4.78 is 0. The van der Waals surface area contributed by atoms with Gasteiger partial charge in [-0.1, -0.05) is 38.1 Å². The summed E-state index contributed by atoms with van der Waals surface area (Å²) in [6, 6.07) is 7.61. The largest absolute Gasteiger partial charge is 0.329 e. The number of rotatable bonds is 3. The highest BCUT2D eigenvalue weighted by atomic mass is 16.1. The summed E-state index contributed by atoms with van der Waals surface area (Å²) in [5.41, 5.74) is 6.90. The minimum Gasteiger partial charge on any atom is -0.329 e. The average Bonchev–Trinajstić information content (AvgIpc) is 2.17. The van der Waals surface area contributed by atoms with Crippen molar-refractivity contribution in [2.24, 2.45) is 11.1 Å². The van der Waals surface area contributed by atoms with Gasteiger partial charge in [-0.3, -0.25) is 4.79 Å². The lowest BCUT2D eigenvalue weighted by Gasteiger charge is -2.21. The van der Waals surface area contributed by atoms with Gasteiger partial charge in [0.05, 0.1) is 0 Å². The zero-order valence-electron chi connectivity index (χ0n) is 9.00. The summed E-state index contributed by atoms with van der Waals surface area (Å²) in [4.78, 5) is 12.0.